The van der Waals surface area contributed by atoms with Crippen LogP contribution in [0, 0.1) is 17.3 Å². The molecular formula is C20H25BrN2O2. The van der Waals surface area contributed by atoms with E-state index in [-0.39, 0.29) is 21.6 Å². The molecule has 4 aliphatic carbocycles. The highest BCUT2D eigenvalue weighted by atomic mass is 79.9. The molecule has 0 saturated heterocycles. The molecule has 1 aromatic carbocycles. The number of rotatable bonds is 4. The minimum atomic E-state index is -0.0951. The van der Waals surface area contributed by atoms with Crippen molar-refractivity contribution in [2.75, 3.05) is 10.6 Å². The summed E-state index contributed by atoms with van der Waals surface area (Å²) < 4.78 is 0.289. The van der Waals surface area contributed by atoms with Gasteiger partial charge in [-0.2, -0.15) is 0 Å². The molecule has 25 heavy (non-hydrogen) atoms. The zero-order valence-electron chi connectivity index (χ0n) is 14.6. The van der Waals surface area contributed by atoms with Crippen LogP contribution in [0.5, 0.6) is 0 Å². The summed E-state index contributed by atoms with van der Waals surface area (Å²) in [6.45, 7) is 1.48. The van der Waals surface area contributed by atoms with E-state index in [1.807, 2.05) is 24.3 Å². The van der Waals surface area contributed by atoms with Gasteiger partial charge in [0.2, 0.25) is 11.8 Å². The second-order valence-corrected chi connectivity index (χ2v) is 10.3. The zero-order chi connectivity index (χ0) is 17.7. The molecule has 5 rings (SSSR count). The van der Waals surface area contributed by atoms with Crippen molar-refractivity contribution in [1.82, 2.24) is 0 Å². The van der Waals surface area contributed by atoms with Crippen LogP contribution in [0.1, 0.15) is 51.9 Å². The van der Waals surface area contributed by atoms with Crippen LogP contribution in [0.4, 0.5) is 11.4 Å². The van der Waals surface area contributed by atoms with Gasteiger partial charge in [-0.25, -0.2) is 0 Å². The number of hydrogen-bond donors (Lipinski definition) is 2. The summed E-state index contributed by atoms with van der Waals surface area (Å²) in [6.07, 6.45) is 8.14. The lowest BCUT2D eigenvalue weighted by atomic mass is 9.48. The molecule has 4 saturated carbocycles. The Morgan fingerprint density at radius 1 is 1.04 bits per heavy atom. The van der Waals surface area contributed by atoms with Crippen LogP contribution in [0.15, 0.2) is 24.3 Å². The monoisotopic (exact) mass is 404 g/mol. The molecule has 2 N–H and O–H groups in total. The van der Waals surface area contributed by atoms with Gasteiger partial charge in [0.15, 0.2) is 0 Å². The topological polar surface area (TPSA) is 58.2 Å². The number of hydrogen-bond acceptors (Lipinski definition) is 2. The second-order valence-electron chi connectivity index (χ2n) is 8.60. The Balaban J connectivity index is 1.40. The highest BCUT2D eigenvalue weighted by Crippen LogP contribution is 2.65. The summed E-state index contributed by atoms with van der Waals surface area (Å²) in [4.78, 5) is 23.7. The Bertz CT molecular complexity index is 686. The van der Waals surface area contributed by atoms with E-state index in [1.54, 1.807) is 0 Å². The number of carbonyl (C=O) groups excluding carboxylic acids is 2. The average Bonchev–Trinajstić information content (AvgIpc) is 2.45. The van der Waals surface area contributed by atoms with Gasteiger partial charge in [-0.15, -0.1) is 0 Å². The molecule has 5 heteroatoms. The van der Waals surface area contributed by atoms with Crippen LogP contribution < -0.4 is 10.6 Å². The first-order valence-corrected chi connectivity index (χ1v) is 9.99. The maximum absolute atomic E-state index is 12.7. The number of amides is 2. The third kappa shape index (κ3) is 3.62. The Labute approximate surface area is 157 Å². The van der Waals surface area contributed by atoms with Crippen molar-refractivity contribution in [3.8, 4) is 0 Å². The molecule has 0 aliphatic heterocycles. The van der Waals surface area contributed by atoms with E-state index in [4.69, 9.17) is 0 Å². The molecule has 0 spiro atoms. The number of nitrogens with one attached hydrogen (secondary N) is 2. The fourth-order valence-corrected chi connectivity index (χ4v) is 7.44. The Morgan fingerprint density at radius 3 is 2.12 bits per heavy atom. The van der Waals surface area contributed by atoms with Crippen LogP contribution in [-0.4, -0.2) is 16.1 Å². The maximum atomic E-state index is 12.7. The quantitative estimate of drug-likeness (QED) is 0.713. The van der Waals surface area contributed by atoms with E-state index in [9.17, 15) is 9.59 Å². The minimum absolute atomic E-state index is 0.0951. The summed E-state index contributed by atoms with van der Waals surface area (Å²) in [6, 6.07) is 7.31. The summed E-state index contributed by atoms with van der Waals surface area (Å²) in [7, 11) is 0. The fraction of sp³-hybridized carbons (Fsp3) is 0.600. The third-order valence-corrected chi connectivity index (χ3v) is 7.06. The molecule has 4 bridgehead atoms. The number of anilines is 2. The lowest BCUT2D eigenvalue weighted by Gasteiger charge is -2.60. The van der Waals surface area contributed by atoms with E-state index in [0.29, 0.717) is 6.42 Å². The number of halogens is 1. The van der Waals surface area contributed by atoms with Crippen LogP contribution in [-0.2, 0) is 9.59 Å². The smallest absolute Gasteiger partial charge is 0.224 e. The Morgan fingerprint density at radius 2 is 1.60 bits per heavy atom. The lowest BCUT2D eigenvalue weighted by Crippen LogP contribution is -2.53. The molecule has 0 unspecified atom stereocenters. The van der Waals surface area contributed by atoms with Gasteiger partial charge in [0.1, 0.15) is 0 Å². The average molecular weight is 405 g/mol. The van der Waals surface area contributed by atoms with Gasteiger partial charge in [0, 0.05) is 29.0 Å². The zero-order valence-corrected chi connectivity index (χ0v) is 16.2. The van der Waals surface area contributed by atoms with Crippen molar-refractivity contribution in [2.24, 2.45) is 17.3 Å². The van der Waals surface area contributed by atoms with E-state index < -0.39 is 0 Å². The van der Waals surface area contributed by atoms with Gasteiger partial charge in [-0.05, 0) is 80.0 Å². The largest absolute Gasteiger partial charge is 0.326 e. The number of alkyl halides is 1. The van der Waals surface area contributed by atoms with E-state index in [1.165, 1.54) is 39.0 Å². The van der Waals surface area contributed by atoms with Crippen LogP contribution >= 0.6 is 15.9 Å². The minimum Gasteiger partial charge on any atom is -0.326 e. The molecule has 2 amide bonds. The van der Waals surface area contributed by atoms with Gasteiger partial charge in [-0.1, -0.05) is 15.9 Å². The Kier molecular flexibility index (Phi) is 4.18. The van der Waals surface area contributed by atoms with E-state index >= 15 is 0 Å². The molecule has 4 fully saturated rings. The fourth-order valence-electron chi connectivity index (χ4n) is 5.93. The second kappa shape index (κ2) is 6.11. The molecule has 0 radical (unpaired) electrons. The van der Waals surface area contributed by atoms with Gasteiger partial charge in [-0.3, -0.25) is 9.59 Å². The molecule has 1 aromatic rings. The molecule has 4 aliphatic rings. The van der Waals surface area contributed by atoms with Gasteiger partial charge >= 0.3 is 0 Å². The van der Waals surface area contributed by atoms with E-state index in [2.05, 4.69) is 26.6 Å². The molecule has 2 atom stereocenters. The third-order valence-electron chi connectivity index (χ3n) is 6.14. The van der Waals surface area contributed by atoms with Gasteiger partial charge in [0.05, 0.1) is 0 Å². The molecular weight excluding hydrogens is 380 g/mol. The molecule has 4 nitrogen and oxygen atoms in total. The number of carbonyl (C=O) groups is 2. The van der Waals surface area contributed by atoms with Crippen molar-refractivity contribution in [3.05, 3.63) is 24.3 Å². The van der Waals surface area contributed by atoms with E-state index in [0.717, 1.165) is 29.6 Å². The maximum Gasteiger partial charge on any atom is 0.224 e. The Hall–Kier alpha value is -1.36. The first kappa shape index (κ1) is 17.1. The van der Waals surface area contributed by atoms with Crippen LogP contribution in [0.3, 0.4) is 0 Å². The first-order valence-electron chi connectivity index (χ1n) is 9.20. The van der Waals surface area contributed by atoms with Gasteiger partial charge in [0.25, 0.3) is 0 Å². The molecule has 0 heterocycles. The normalized spacial score (nSPS) is 35.4. The highest BCUT2D eigenvalue weighted by molar-refractivity contribution is 9.10. The molecule has 134 valence electrons. The van der Waals surface area contributed by atoms with Crippen molar-refractivity contribution >= 4 is 39.1 Å². The van der Waals surface area contributed by atoms with Crippen molar-refractivity contribution < 1.29 is 9.59 Å². The number of benzene rings is 1. The molecule has 0 aromatic heterocycles. The van der Waals surface area contributed by atoms with Crippen molar-refractivity contribution in [1.29, 1.82) is 0 Å². The first-order chi connectivity index (χ1) is 11.8. The summed E-state index contributed by atoms with van der Waals surface area (Å²) >= 11 is 4.01. The predicted octanol–water partition coefficient (Wildman–Crippen LogP) is 4.71. The SMILES string of the molecule is CC(=O)Nc1ccc(NC(=O)CC23C[C@H]4C[C@@H](CC(Br)(C4)C2)C3)cc1. The van der Waals surface area contributed by atoms with Crippen molar-refractivity contribution in [2.45, 2.75) is 56.2 Å². The summed E-state index contributed by atoms with van der Waals surface area (Å²) in [5, 5.41) is 5.78. The standard InChI is InChI=1S/C20H25BrN2O2/c1-13(24)22-16-2-4-17(5-3-16)23-18(25)11-19-7-14-6-15(8-19)10-20(21,9-14)12-19/h2-5,14-15H,6-12H2,1H3,(H,22,24)(H,23,25)/t14-,15-,19?,20?/m1/s1. The summed E-state index contributed by atoms with van der Waals surface area (Å²) in [5.74, 6) is 1.61. The highest BCUT2D eigenvalue weighted by Gasteiger charge is 2.57. The van der Waals surface area contributed by atoms with Crippen molar-refractivity contribution in [3.63, 3.8) is 0 Å². The summed E-state index contributed by atoms with van der Waals surface area (Å²) in [5.41, 5.74) is 1.72. The predicted molar refractivity (Wildman–Crippen MR) is 103 cm³/mol. The van der Waals surface area contributed by atoms with Crippen LogP contribution in [0.2, 0.25) is 0 Å². The van der Waals surface area contributed by atoms with Crippen LogP contribution in [0.25, 0.3) is 0 Å². The lowest BCUT2D eigenvalue weighted by molar-refractivity contribution is -0.123. The van der Waals surface area contributed by atoms with Gasteiger partial charge < -0.3 is 10.6 Å².